The van der Waals surface area contributed by atoms with Crippen LogP contribution in [-0.4, -0.2) is 11.0 Å². The molecule has 0 radical (unpaired) electrons. The summed E-state index contributed by atoms with van der Waals surface area (Å²) in [5.74, 6) is 0.222. The third kappa shape index (κ3) is 2.68. The molecule has 0 atom stereocenters. The Hall–Kier alpha value is -1.88. The van der Waals surface area contributed by atoms with Crippen molar-refractivity contribution < 1.29 is 9.16 Å². The molecule has 0 amide bonds. The molecule has 0 spiro atoms. The molecule has 2 aromatic rings. The van der Waals surface area contributed by atoms with Crippen LogP contribution in [0.5, 0.6) is 0 Å². The largest absolute Gasteiger partial charge is 0.618 e. The van der Waals surface area contributed by atoms with Crippen molar-refractivity contribution in [1.29, 1.82) is 0 Å². The fraction of sp³-hybridized carbons (Fsp3) is 0.0769. The van der Waals surface area contributed by atoms with Crippen LogP contribution in [0.25, 0.3) is 0 Å². The van der Waals surface area contributed by atoms with Gasteiger partial charge in [-0.3, -0.25) is 0 Å². The molecular formula is C13H10BrNO3. The van der Waals surface area contributed by atoms with Crippen LogP contribution in [0, 0.1) is 12.1 Å². The number of para-hydroxylation sites is 1. The molecule has 0 saturated carbocycles. The molecule has 18 heavy (non-hydrogen) atoms. The Bertz CT molecular complexity index is 647. The number of halogens is 1. The summed E-state index contributed by atoms with van der Waals surface area (Å²) >= 11 is 3.11. The van der Waals surface area contributed by atoms with Crippen molar-refractivity contribution in [1.82, 2.24) is 0 Å². The fourth-order valence-electron chi connectivity index (χ4n) is 1.45. The van der Waals surface area contributed by atoms with Gasteiger partial charge in [0, 0.05) is 12.1 Å². The predicted octanol–water partition coefficient (Wildman–Crippen LogP) is 2.97. The Balaban J connectivity index is 2.43. The highest BCUT2D eigenvalue weighted by atomic mass is 79.9. The van der Waals surface area contributed by atoms with Crippen molar-refractivity contribution in [2.24, 2.45) is 0 Å². The minimum atomic E-state index is -0.497. The van der Waals surface area contributed by atoms with Crippen LogP contribution in [0.3, 0.4) is 0 Å². The summed E-state index contributed by atoms with van der Waals surface area (Å²) in [6.07, 6.45) is 1.23. The maximum absolute atomic E-state index is 11.8. The molecule has 2 rings (SSSR count). The van der Waals surface area contributed by atoms with E-state index < -0.39 is 5.63 Å². The van der Waals surface area contributed by atoms with E-state index in [4.69, 9.17) is 4.42 Å². The van der Waals surface area contributed by atoms with Gasteiger partial charge in [0.05, 0.1) is 0 Å². The first kappa shape index (κ1) is 12.6. The zero-order chi connectivity index (χ0) is 13.1. The van der Waals surface area contributed by atoms with Gasteiger partial charge in [-0.1, -0.05) is 18.2 Å². The molecule has 0 aliphatic rings. The average molecular weight is 308 g/mol. The molecule has 1 aromatic heterocycles. The molecule has 0 N–H and O–H groups in total. The van der Waals surface area contributed by atoms with E-state index in [0.717, 1.165) is 5.56 Å². The monoisotopic (exact) mass is 307 g/mol. The van der Waals surface area contributed by atoms with Gasteiger partial charge in [-0.2, -0.15) is 4.74 Å². The number of aryl methyl sites for hydroxylation is 1. The van der Waals surface area contributed by atoms with Gasteiger partial charge in [-0.25, -0.2) is 4.79 Å². The van der Waals surface area contributed by atoms with E-state index in [0.29, 0.717) is 14.9 Å². The van der Waals surface area contributed by atoms with Crippen LogP contribution in [0.1, 0.15) is 11.3 Å². The normalized spacial score (nSPS) is 11.6. The molecule has 0 aliphatic carbocycles. The molecule has 0 aliphatic heterocycles. The van der Waals surface area contributed by atoms with Crippen molar-refractivity contribution >= 4 is 27.8 Å². The van der Waals surface area contributed by atoms with Gasteiger partial charge in [0.1, 0.15) is 4.47 Å². The molecular weight excluding hydrogens is 298 g/mol. The van der Waals surface area contributed by atoms with Crippen LogP contribution in [0.15, 0.2) is 50.1 Å². The number of hydrogen-bond acceptors (Lipinski definition) is 3. The van der Waals surface area contributed by atoms with Gasteiger partial charge >= 0.3 is 5.63 Å². The third-order valence-corrected chi connectivity index (χ3v) is 3.30. The highest BCUT2D eigenvalue weighted by Gasteiger charge is 2.07. The van der Waals surface area contributed by atoms with Gasteiger partial charge in [0.15, 0.2) is 5.76 Å². The van der Waals surface area contributed by atoms with Crippen LogP contribution in [-0.2, 0) is 0 Å². The van der Waals surface area contributed by atoms with E-state index in [1.54, 1.807) is 37.3 Å². The molecule has 1 heterocycles. The lowest BCUT2D eigenvalue weighted by atomic mass is 10.3. The zero-order valence-electron chi connectivity index (χ0n) is 9.59. The van der Waals surface area contributed by atoms with Gasteiger partial charge < -0.3 is 9.62 Å². The van der Waals surface area contributed by atoms with E-state index in [2.05, 4.69) is 15.9 Å². The van der Waals surface area contributed by atoms with Crippen molar-refractivity contribution in [2.75, 3.05) is 0 Å². The zero-order valence-corrected chi connectivity index (χ0v) is 11.2. The Morgan fingerprint density at radius 3 is 2.61 bits per heavy atom. The van der Waals surface area contributed by atoms with E-state index in [-0.39, 0.29) is 5.76 Å². The number of rotatable bonds is 2. The number of benzene rings is 1. The summed E-state index contributed by atoms with van der Waals surface area (Å²) in [5, 5.41) is 11.8. The van der Waals surface area contributed by atoms with Crippen LogP contribution >= 0.6 is 15.9 Å². The second-order valence-corrected chi connectivity index (χ2v) is 4.52. The number of hydrogen-bond donors (Lipinski definition) is 0. The van der Waals surface area contributed by atoms with E-state index in [9.17, 15) is 10.0 Å². The Morgan fingerprint density at radius 2 is 2.00 bits per heavy atom. The minimum Gasteiger partial charge on any atom is -0.618 e. The number of nitrogens with zero attached hydrogens (tertiary/aromatic N) is 1. The quantitative estimate of drug-likeness (QED) is 0.371. The van der Waals surface area contributed by atoms with Gasteiger partial charge in [0.2, 0.25) is 11.9 Å². The Morgan fingerprint density at radius 1 is 1.33 bits per heavy atom. The van der Waals surface area contributed by atoms with E-state index in [1.807, 2.05) is 6.07 Å². The lowest BCUT2D eigenvalue weighted by molar-refractivity contribution is -0.355. The molecule has 0 bridgehead atoms. The third-order valence-electron chi connectivity index (χ3n) is 2.35. The predicted molar refractivity (Wildman–Crippen MR) is 72.3 cm³/mol. The molecule has 4 nitrogen and oxygen atoms in total. The summed E-state index contributed by atoms with van der Waals surface area (Å²) in [4.78, 5) is 11.4. The topological polar surface area (TPSA) is 56.3 Å². The first-order chi connectivity index (χ1) is 8.58. The van der Waals surface area contributed by atoms with Crippen LogP contribution < -0.4 is 5.63 Å². The molecule has 0 saturated heterocycles. The molecule has 1 aromatic carbocycles. The maximum atomic E-state index is 11.8. The van der Waals surface area contributed by atoms with Crippen molar-refractivity contribution in [3.8, 4) is 0 Å². The summed E-state index contributed by atoms with van der Waals surface area (Å²) in [6.45, 7) is 1.76. The fourth-order valence-corrected chi connectivity index (χ4v) is 1.64. The molecule has 0 fully saturated rings. The standard InChI is InChI=1S/C13H10BrNO3/c1-9-7-11(18-13(16)12(9)14)8-15(17)10-5-3-2-4-6-10/h2-8H,1H3/b15-8-. The lowest BCUT2D eigenvalue weighted by Gasteiger charge is -2.02. The van der Waals surface area contributed by atoms with Crippen LogP contribution in [0.2, 0.25) is 0 Å². The second kappa shape index (κ2) is 5.18. The van der Waals surface area contributed by atoms with Crippen molar-refractivity contribution in [3.63, 3.8) is 0 Å². The smallest absolute Gasteiger partial charge is 0.351 e. The van der Waals surface area contributed by atoms with Crippen molar-refractivity contribution in [3.05, 3.63) is 67.8 Å². The van der Waals surface area contributed by atoms with E-state index >= 15 is 0 Å². The van der Waals surface area contributed by atoms with E-state index in [1.165, 1.54) is 6.21 Å². The summed E-state index contributed by atoms with van der Waals surface area (Å²) < 4.78 is 6.01. The minimum absolute atomic E-state index is 0.222. The maximum Gasteiger partial charge on any atom is 0.351 e. The molecule has 0 unspecified atom stereocenters. The van der Waals surface area contributed by atoms with Gasteiger partial charge in [0.25, 0.3) is 0 Å². The first-order valence-corrected chi connectivity index (χ1v) is 6.04. The average Bonchev–Trinajstić information content (AvgIpc) is 2.37. The van der Waals surface area contributed by atoms with Gasteiger partial charge in [-0.05, 0) is 34.5 Å². The SMILES string of the molecule is Cc1cc(/C=[N+](\[O-])c2ccccc2)oc(=O)c1Br. The molecule has 92 valence electrons. The first-order valence-electron chi connectivity index (χ1n) is 5.24. The Kier molecular flexibility index (Phi) is 3.62. The second-order valence-electron chi connectivity index (χ2n) is 3.72. The lowest BCUT2D eigenvalue weighted by Crippen LogP contribution is -2.07. The highest BCUT2D eigenvalue weighted by molar-refractivity contribution is 9.10. The van der Waals surface area contributed by atoms with Crippen LogP contribution in [0.4, 0.5) is 5.69 Å². The van der Waals surface area contributed by atoms with Gasteiger partial charge in [-0.15, -0.1) is 0 Å². The summed E-state index contributed by atoms with van der Waals surface area (Å²) in [5.41, 5.74) is 0.697. The Labute approximate surface area is 112 Å². The highest BCUT2D eigenvalue weighted by Crippen LogP contribution is 2.13. The summed E-state index contributed by atoms with van der Waals surface area (Å²) in [7, 11) is 0. The summed E-state index contributed by atoms with van der Waals surface area (Å²) in [6, 6.07) is 10.3. The van der Waals surface area contributed by atoms with Crippen molar-refractivity contribution in [2.45, 2.75) is 6.92 Å². The molecule has 5 heteroatoms.